The minimum Gasteiger partial charge on any atom is -0.369 e. The van der Waals surface area contributed by atoms with Crippen LogP contribution in [0.4, 0.5) is 20.6 Å². The van der Waals surface area contributed by atoms with Crippen molar-refractivity contribution in [2.75, 3.05) is 35.8 Å². The third-order valence-corrected chi connectivity index (χ3v) is 8.19. The number of rotatable bonds is 7. The van der Waals surface area contributed by atoms with Gasteiger partial charge in [0, 0.05) is 49.6 Å². The van der Waals surface area contributed by atoms with Gasteiger partial charge in [-0.15, -0.1) is 0 Å². The Morgan fingerprint density at radius 3 is 2.26 bits per heavy atom. The Balaban J connectivity index is 1.59. The molecule has 0 aromatic heterocycles. The van der Waals surface area contributed by atoms with E-state index in [1.807, 2.05) is 32.6 Å². The van der Waals surface area contributed by atoms with Crippen LogP contribution in [0.5, 0.6) is 0 Å². The lowest BCUT2D eigenvalue weighted by Crippen LogP contribution is -2.49. The zero-order chi connectivity index (χ0) is 30.5. The fraction of sp³-hybridized carbons (Fsp3) is 0.355. The molecule has 1 saturated heterocycles. The van der Waals surface area contributed by atoms with Crippen molar-refractivity contribution in [1.82, 2.24) is 15.5 Å². The van der Waals surface area contributed by atoms with Crippen LogP contribution in [-0.4, -0.2) is 57.0 Å². The predicted molar refractivity (Wildman–Crippen MR) is 163 cm³/mol. The molecule has 1 aliphatic heterocycles. The molecule has 0 bridgehead atoms. The van der Waals surface area contributed by atoms with Crippen LogP contribution in [0.2, 0.25) is 0 Å². The summed E-state index contributed by atoms with van der Waals surface area (Å²) in [7, 11) is -3.89. The minimum absolute atomic E-state index is 0.112. The summed E-state index contributed by atoms with van der Waals surface area (Å²) in [6.45, 7) is 9.95. The lowest BCUT2D eigenvalue weighted by molar-refractivity contribution is 0.0951. The first kappa shape index (κ1) is 30.8. The first-order valence-electron chi connectivity index (χ1n) is 13.9. The number of anilines is 2. The number of hydrogen-bond acceptors (Lipinski definition) is 5. The third-order valence-electron chi connectivity index (χ3n) is 6.80. The molecule has 3 aromatic carbocycles. The highest BCUT2D eigenvalue weighted by Crippen LogP contribution is 2.27. The number of hydrogen-bond donors (Lipinski definition) is 3. The van der Waals surface area contributed by atoms with Gasteiger partial charge in [0.1, 0.15) is 5.82 Å². The average Bonchev–Trinajstić information content (AvgIpc) is 3.18. The minimum atomic E-state index is -3.89. The smallest absolute Gasteiger partial charge is 0.317 e. The highest BCUT2D eigenvalue weighted by molar-refractivity contribution is 7.92. The Morgan fingerprint density at radius 1 is 0.905 bits per heavy atom. The van der Waals surface area contributed by atoms with Gasteiger partial charge in [-0.3, -0.25) is 9.52 Å². The van der Waals surface area contributed by atoms with Gasteiger partial charge in [0.15, 0.2) is 0 Å². The van der Waals surface area contributed by atoms with E-state index in [2.05, 4.69) is 15.4 Å². The van der Waals surface area contributed by atoms with Crippen molar-refractivity contribution in [2.24, 2.45) is 0 Å². The normalized spacial score (nSPS) is 14.2. The molecule has 0 radical (unpaired) electrons. The number of aryl methyl sites for hydroxylation is 1. The first-order chi connectivity index (χ1) is 19.8. The number of nitrogens with one attached hydrogen (secondary N) is 3. The van der Waals surface area contributed by atoms with Crippen molar-refractivity contribution < 1.29 is 22.4 Å². The van der Waals surface area contributed by atoms with E-state index in [0.717, 1.165) is 11.1 Å². The van der Waals surface area contributed by atoms with Crippen LogP contribution in [0.15, 0.2) is 71.6 Å². The Labute approximate surface area is 247 Å². The molecule has 1 aliphatic rings. The number of sulfonamides is 1. The van der Waals surface area contributed by atoms with Gasteiger partial charge in [-0.25, -0.2) is 17.6 Å². The maximum absolute atomic E-state index is 13.5. The van der Waals surface area contributed by atoms with E-state index in [1.165, 1.54) is 30.3 Å². The van der Waals surface area contributed by atoms with E-state index >= 15 is 0 Å². The zero-order valence-corrected chi connectivity index (χ0v) is 25.2. The topological polar surface area (TPSA) is 111 Å². The molecule has 9 nitrogen and oxygen atoms in total. The van der Waals surface area contributed by atoms with Crippen molar-refractivity contribution in [3.8, 4) is 0 Å². The largest absolute Gasteiger partial charge is 0.369 e. The molecule has 224 valence electrons. The highest BCUT2D eigenvalue weighted by atomic mass is 32.2. The Bertz CT molecular complexity index is 1520. The van der Waals surface area contributed by atoms with Crippen molar-refractivity contribution in [3.63, 3.8) is 0 Å². The van der Waals surface area contributed by atoms with Crippen LogP contribution in [0, 0.1) is 12.7 Å². The van der Waals surface area contributed by atoms with Crippen LogP contribution in [-0.2, 0) is 16.6 Å². The van der Waals surface area contributed by atoms with Gasteiger partial charge >= 0.3 is 6.03 Å². The molecule has 3 amide bonds. The lowest BCUT2D eigenvalue weighted by Gasteiger charge is -2.28. The predicted octanol–water partition coefficient (Wildman–Crippen LogP) is 4.89. The average molecular weight is 596 g/mol. The molecule has 0 atom stereocenters. The van der Waals surface area contributed by atoms with Gasteiger partial charge in [-0.1, -0.05) is 29.8 Å². The van der Waals surface area contributed by atoms with Crippen LogP contribution in [0.25, 0.3) is 0 Å². The summed E-state index contributed by atoms with van der Waals surface area (Å²) in [5, 5.41) is 5.87. The number of benzene rings is 3. The van der Waals surface area contributed by atoms with Gasteiger partial charge < -0.3 is 20.4 Å². The van der Waals surface area contributed by atoms with Crippen molar-refractivity contribution in [1.29, 1.82) is 0 Å². The second-order valence-corrected chi connectivity index (χ2v) is 13.1. The van der Waals surface area contributed by atoms with Gasteiger partial charge in [0.25, 0.3) is 15.9 Å². The first-order valence-corrected chi connectivity index (χ1v) is 15.4. The Hall–Kier alpha value is -4.12. The maximum Gasteiger partial charge on any atom is 0.317 e. The van der Waals surface area contributed by atoms with Crippen LogP contribution in [0.3, 0.4) is 0 Å². The number of carbonyl (C=O) groups excluding carboxylic acids is 2. The molecular weight excluding hydrogens is 557 g/mol. The number of amides is 3. The quantitative estimate of drug-likeness (QED) is 0.361. The summed E-state index contributed by atoms with van der Waals surface area (Å²) in [5.74, 6) is -0.774. The second-order valence-electron chi connectivity index (χ2n) is 11.5. The third kappa shape index (κ3) is 8.22. The van der Waals surface area contributed by atoms with Crippen LogP contribution < -0.4 is 20.3 Å². The highest BCUT2D eigenvalue weighted by Gasteiger charge is 2.25. The maximum atomic E-state index is 13.5. The van der Waals surface area contributed by atoms with Gasteiger partial charge in [0.2, 0.25) is 0 Å². The van der Waals surface area contributed by atoms with Crippen molar-refractivity contribution >= 4 is 33.3 Å². The molecule has 3 aromatic rings. The standard InChI is InChI=1S/C31H38FN5O4S/c1-22-6-13-26(14-7-22)42(40,41)35-25-12-15-28(27(20-25)29(38)33-21-23-8-10-24(32)11-9-23)36-16-5-17-37(19-18-36)30(39)34-31(2,3)4/h6-15,20,35H,5,16-19,21H2,1-4H3,(H,33,38)(H,34,39). The number of urea groups is 1. The zero-order valence-electron chi connectivity index (χ0n) is 24.4. The monoisotopic (exact) mass is 595 g/mol. The summed E-state index contributed by atoms with van der Waals surface area (Å²) < 4.78 is 42.1. The van der Waals surface area contributed by atoms with Crippen LogP contribution >= 0.6 is 0 Å². The summed E-state index contributed by atoms with van der Waals surface area (Å²) in [6, 6.07) is 17.1. The number of carbonyl (C=O) groups is 2. The molecule has 3 N–H and O–H groups in total. The van der Waals surface area contributed by atoms with E-state index in [1.54, 1.807) is 41.3 Å². The van der Waals surface area contributed by atoms with E-state index in [-0.39, 0.29) is 40.1 Å². The fourth-order valence-electron chi connectivity index (χ4n) is 4.63. The molecule has 11 heteroatoms. The molecule has 0 saturated carbocycles. The summed E-state index contributed by atoms with van der Waals surface area (Å²) >= 11 is 0. The van der Waals surface area contributed by atoms with Crippen molar-refractivity contribution in [3.05, 3.63) is 89.2 Å². The summed E-state index contributed by atoms with van der Waals surface area (Å²) in [4.78, 5) is 30.2. The number of nitrogens with zero attached hydrogens (tertiary/aromatic N) is 2. The summed E-state index contributed by atoms with van der Waals surface area (Å²) in [6.07, 6.45) is 0.690. The molecule has 0 unspecified atom stereocenters. The molecule has 4 rings (SSSR count). The van der Waals surface area contributed by atoms with Gasteiger partial charge in [-0.2, -0.15) is 0 Å². The summed E-state index contributed by atoms with van der Waals surface area (Å²) in [5.41, 5.74) is 2.45. The van der Waals surface area contributed by atoms with Gasteiger partial charge in [0.05, 0.1) is 10.5 Å². The Kier molecular flexibility index (Phi) is 9.40. The van der Waals surface area contributed by atoms with E-state index < -0.39 is 15.9 Å². The fourth-order valence-corrected chi connectivity index (χ4v) is 5.68. The molecule has 42 heavy (non-hydrogen) atoms. The Morgan fingerprint density at radius 2 is 1.60 bits per heavy atom. The molecule has 1 fully saturated rings. The van der Waals surface area contributed by atoms with Gasteiger partial charge in [-0.05, 0) is 82.1 Å². The second kappa shape index (κ2) is 12.8. The molecule has 1 heterocycles. The lowest BCUT2D eigenvalue weighted by atomic mass is 10.1. The van der Waals surface area contributed by atoms with Crippen molar-refractivity contribution in [2.45, 2.75) is 51.1 Å². The van der Waals surface area contributed by atoms with E-state index in [9.17, 15) is 22.4 Å². The number of halogens is 1. The van der Waals surface area contributed by atoms with E-state index in [4.69, 9.17) is 0 Å². The SMILES string of the molecule is Cc1ccc(S(=O)(=O)Nc2ccc(N3CCCN(C(=O)NC(C)(C)C)CC3)c(C(=O)NCc3ccc(F)cc3)c2)cc1. The molecule has 0 spiro atoms. The van der Waals surface area contributed by atoms with E-state index in [0.29, 0.717) is 38.3 Å². The van der Waals surface area contributed by atoms with Crippen LogP contribution in [0.1, 0.15) is 48.7 Å². The molecule has 0 aliphatic carbocycles. The molecular formula is C31H38FN5O4S.